The smallest absolute Gasteiger partial charge is 0.487 e. The molecule has 7 N–H and O–H groups in total. The number of benzene rings is 3. The molecule has 25 nitrogen and oxygen atoms in total. The monoisotopic (exact) mass is 1150 g/mol. The van der Waals surface area contributed by atoms with Crippen molar-refractivity contribution in [2.24, 2.45) is 0 Å². The average Bonchev–Trinajstić information content (AvgIpc) is 4.14. The van der Waals surface area contributed by atoms with E-state index in [0.29, 0.717) is 43.0 Å². The molecule has 0 radical (unpaired) electrons. The topological polar surface area (TPSA) is 333 Å². The van der Waals surface area contributed by atoms with Crippen molar-refractivity contribution in [3.8, 4) is 11.5 Å². The minimum atomic E-state index is -5.86. The molecular formula is C51H66N9O16P3. The average molecular weight is 1150 g/mol. The number of nitrogens with one attached hydrogen (secondary N) is 2. The normalized spacial score (nSPS) is 20.9. The zero-order chi connectivity index (χ0) is 56.2. The first-order valence-electron chi connectivity index (χ1n) is 26.4. The Kier molecular flexibility index (Phi) is 18.2. The van der Waals surface area contributed by atoms with E-state index in [-0.39, 0.29) is 23.9 Å². The fourth-order valence-corrected chi connectivity index (χ4v) is 13.7. The summed E-state index contributed by atoms with van der Waals surface area (Å²) in [6, 6.07) is 16.8. The molecule has 1 fully saturated rings. The third-order valence-corrected chi connectivity index (χ3v) is 18.3. The van der Waals surface area contributed by atoms with Gasteiger partial charge in [0.05, 0.1) is 19.0 Å². The Morgan fingerprint density at radius 2 is 1.66 bits per heavy atom. The third kappa shape index (κ3) is 13.5. The van der Waals surface area contributed by atoms with Gasteiger partial charge in [-0.3, -0.25) is 23.2 Å². The van der Waals surface area contributed by atoms with Gasteiger partial charge in [0.2, 0.25) is 11.3 Å². The second kappa shape index (κ2) is 24.7. The van der Waals surface area contributed by atoms with Gasteiger partial charge in [-0.15, -0.1) is 0 Å². The van der Waals surface area contributed by atoms with E-state index in [9.17, 15) is 48.2 Å². The van der Waals surface area contributed by atoms with Crippen molar-refractivity contribution in [3.63, 3.8) is 0 Å². The molecule has 2 aromatic heterocycles. The van der Waals surface area contributed by atoms with Crippen LogP contribution >= 0.6 is 23.5 Å². The highest BCUT2D eigenvalue weighted by atomic mass is 31.3. The summed E-state index contributed by atoms with van der Waals surface area (Å²) in [5.74, 6) is 1.75. The highest BCUT2D eigenvalue weighted by Gasteiger charge is 2.47. The number of imidazole rings is 1. The number of anilines is 2. The number of unbranched alkanes of at least 4 members (excludes halogenated alkanes) is 3. The Morgan fingerprint density at radius 1 is 0.886 bits per heavy atom. The number of phosphoric ester groups is 1. The maximum atomic E-state index is 14.5. The van der Waals surface area contributed by atoms with E-state index in [0.717, 1.165) is 111 Å². The standard InChI is InChI=1S/C51H66N9O16P3/c1-4-58-23-12-15-32-25-36-40(27-38(32)58)73-41-28-39-33(16-13-24-59(39)5-2)26-37(41)44(36)34-17-8-9-18-35(34)50(64)57(3)22-14-19-43(61)52-20-10-6-7-11-21-53-48-45-49(55-30-54-48)60(31-56-45)51-47(63)46(62)42(74-51)29-72-78(68,69)76-79(70,71)75-77(65,66)67/h8-9,17-18,25-28,30-31,42,46-47,51,62-63H,4-7,10-16,19-24,29H2,1-3H3,(H5-,52,53,54,55,61,65,66,67,68,69,70,71)/t42-,46-,47-,51-/m1/s1. The van der Waals surface area contributed by atoms with E-state index in [2.05, 4.69) is 86.3 Å². The number of aliphatic hydroxyl groups is 2. The zero-order valence-electron chi connectivity index (χ0n) is 44.0. The molecule has 426 valence electrons. The number of carbonyl (C=O) groups is 2. The van der Waals surface area contributed by atoms with Crippen LogP contribution in [-0.4, -0.2) is 139 Å². The molecule has 1 saturated heterocycles. The summed E-state index contributed by atoms with van der Waals surface area (Å²) in [5, 5.41) is 29.8. The highest BCUT2D eigenvalue weighted by Crippen LogP contribution is 2.65. The van der Waals surface area contributed by atoms with Crippen LogP contribution in [0.5, 0.6) is 11.5 Å². The fourth-order valence-electron chi connectivity index (χ4n) is 10.7. The Labute approximate surface area is 455 Å². The second-order valence-electron chi connectivity index (χ2n) is 19.8. The number of rotatable bonds is 24. The molecule has 0 saturated carbocycles. The van der Waals surface area contributed by atoms with Gasteiger partial charge in [-0.05, 0) is 81.7 Å². The summed E-state index contributed by atoms with van der Waals surface area (Å²) in [4.78, 5) is 82.9. The summed E-state index contributed by atoms with van der Waals surface area (Å²) >= 11 is 0. The van der Waals surface area contributed by atoms with E-state index < -0.39 is 54.6 Å². The molecule has 4 aliphatic heterocycles. The molecule has 0 bridgehead atoms. The van der Waals surface area contributed by atoms with Crippen LogP contribution in [0.15, 0.2) is 61.2 Å². The van der Waals surface area contributed by atoms with Gasteiger partial charge in [0.25, 0.3) is 13.7 Å². The van der Waals surface area contributed by atoms with Crippen molar-refractivity contribution in [3.05, 3.63) is 99.6 Å². The zero-order valence-corrected chi connectivity index (χ0v) is 46.7. The number of fused-ring (bicyclic) bond motifs is 5. The van der Waals surface area contributed by atoms with Crippen LogP contribution in [0.25, 0.3) is 16.7 Å². The minimum Gasteiger partial charge on any atom is -0.756 e. The van der Waals surface area contributed by atoms with Crippen LogP contribution < -0.4 is 40.3 Å². The van der Waals surface area contributed by atoms with E-state index in [1.54, 1.807) is 11.9 Å². The molecule has 0 spiro atoms. The molecule has 79 heavy (non-hydrogen) atoms. The maximum absolute atomic E-state index is 14.5. The predicted molar refractivity (Wildman–Crippen MR) is 286 cm³/mol. The summed E-state index contributed by atoms with van der Waals surface area (Å²) < 4.78 is 62.6. The first-order valence-corrected chi connectivity index (χ1v) is 30.9. The van der Waals surface area contributed by atoms with Crippen LogP contribution in [0.2, 0.25) is 0 Å². The molecule has 6 heterocycles. The number of phosphoric acid groups is 3. The minimum absolute atomic E-state index is 0.0853. The quantitative estimate of drug-likeness (QED) is 0.0259. The largest absolute Gasteiger partial charge is 0.756 e. The van der Waals surface area contributed by atoms with Crippen LogP contribution in [0, 0.1) is 0 Å². The van der Waals surface area contributed by atoms with Crippen LogP contribution in [0.1, 0.15) is 104 Å². The van der Waals surface area contributed by atoms with Gasteiger partial charge >= 0.3 is 15.6 Å². The number of hydrogen-bond donors (Lipinski definition) is 7. The second-order valence-corrected chi connectivity index (χ2v) is 24.2. The van der Waals surface area contributed by atoms with Gasteiger partial charge in [-0.1, -0.05) is 31.0 Å². The van der Waals surface area contributed by atoms with E-state index in [1.165, 1.54) is 39.4 Å². The molecule has 3 aromatic carbocycles. The number of hydrogen-bond acceptors (Lipinski definition) is 18. The summed E-state index contributed by atoms with van der Waals surface area (Å²) in [7, 11) is -15.5. The summed E-state index contributed by atoms with van der Waals surface area (Å²) in [6.07, 6.45) is 4.30. The van der Waals surface area contributed by atoms with Gasteiger partial charge in [0.1, 0.15) is 49.2 Å². The molecular weight excluding hydrogens is 1090 g/mol. The first kappa shape index (κ1) is 58.2. The van der Waals surface area contributed by atoms with Crippen molar-refractivity contribution >= 4 is 63.5 Å². The van der Waals surface area contributed by atoms with E-state index >= 15 is 0 Å². The van der Waals surface area contributed by atoms with Crippen LogP contribution in [0.4, 0.5) is 11.5 Å². The van der Waals surface area contributed by atoms with Crippen LogP contribution in [-0.2, 0) is 49.2 Å². The lowest BCUT2D eigenvalue weighted by molar-refractivity contribution is -0.212. The molecule has 7 atom stereocenters. The molecule has 5 aromatic rings. The predicted octanol–water partition coefficient (Wildman–Crippen LogP) is 3.38. The number of nitrogens with zero attached hydrogens (tertiary/aromatic N) is 7. The SMILES string of the molecule is CCN1CCCc2cc3c(cc21)Oc1cc2c(cc1=C3c1ccccc1C(=O)N(C)CCCC(=O)NCCCCCCNc1ncnc3c1ncn3[C@@H]1O[C@H](COP(=O)(O)OP(=O)(O)OP(=O)([O-])O)[C@@H](O)[C@H]1O)CCC[N+]=2CC. The van der Waals surface area contributed by atoms with Crippen molar-refractivity contribution in [1.82, 2.24) is 34.3 Å². The number of carbonyl (C=O) groups excluding carboxylic acids is 2. The Morgan fingerprint density at radius 3 is 2.43 bits per heavy atom. The Balaban J connectivity index is 0.736. The van der Waals surface area contributed by atoms with Crippen LogP contribution in [0.3, 0.4) is 0 Å². The third-order valence-electron chi connectivity index (χ3n) is 14.5. The van der Waals surface area contributed by atoms with Gasteiger partial charge in [-0.25, -0.2) is 33.0 Å². The molecule has 28 heteroatoms. The van der Waals surface area contributed by atoms with Crippen molar-refractivity contribution in [1.29, 1.82) is 0 Å². The van der Waals surface area contributed by atoms with Gasteiger partial charge < -0.3 is 59.7 Å². The molecule has 2 amide bonds. The number of amides is 2. The number of ether oxygens (including phenoxy) is 2. The fraction of sp³-hybridized carbons (Fsp3) is 0.490. The molecule has 0 aliphatic carbocycles. The summed E-state index contributed by atoms with van der Waals surface area (Å²) in [5.41, 5.74) is 7.70. The summed E-state index contributed by atoms with van der Waals surface area (Å²) in [6.45, 7) is 8.59. The van der Waals surface area contributed by atoms with Crippen molar-refractivity contribution in [2.75, 3.05) is 69.7 Å². The van der Waals surface area contributed by atoms with Gasteiger partial charge in [-0.2, -0.15) is 4.31 Å². The number of aliphatic hydroxyl groups excluding tert-OH is 2. The molecule has 3 unspecified atom stereocenters. The lowest BCUT2D eigenvalue weighted by Gasteiger charge is -2.33. The number of aromatic nitrogens is 4. The highest BCUT2D eigenvalue weighted by molar-refractivity contribution is 7.66. The van der Waals surface area contributed by atoms with Gasteiger partial charge in [0, 0.05) is 91.8 Å². The van der Waals surface area contributed by atoms with Crippen molar-refractivity contribution in [2.45, 2.75) is 103 Å². The number of aryl methyl sites for hydroxylation is 2. The molecule has 4 aliphatic rings. The first-order chi connectivity index (χ1) is 37.7. The lowest BCUT2D eigenvalue weighted by Crippen LogP contribution is -2.39. The Bertz CT molecular complexity index is 3380. The molecule has 9 rings (SSSR count). The maximum Gasteiger partial charge on any atom is 0.487 e. The van der Waals surface area contributed by atoms with E-state index in [4.69, 9.17) is 14.4 Å². The van der Waals surface area contributed by atoms with Gasteiger partial charge in [0.15, 0.2) is 23.2 Å². The van der Waals surface area contributed by atoms with Crippen molar-refractivity contribution < 1.29 is 75.7 Å². The lowest BCUT2D eigenvalue weighted by atomic mass is 9.86. The van der Waals surface area contributed by atoms with E-state index in [1.807, 2.05) is 24.3 Å². The Hall–Kier alpha value is -5.49.